The minimum Gasteiger partial charge on any atom is -0.506 e. The Morgan fingerprint density at radius 2 is 1.66 bits per heavy atom. The highest BCUT2D eigenvalue weighted by atomic mass is 32.2. The van der Waals surface area contributed by atoms with Crippen molar-refractivity contribution in [1.29, 1.82) is 0 Å². The molecule has 3 N–H and O–H groups in total. The molecule has 3 aromatic rings. The maximum Gasteiger partial charge on any atom is 0.258 e. The molecule has 1 amide bonds. The van der Waals surface area contributed by atoms with Crippen molar-refractivity contribution in [3.63, 3.8) is 0 Å². The van der Waals surface area contributed by atoms with Crippen LogP contribution in [0.3, 0.4) is 0 Å². The zero-order chi connectivity index (χ0) is 25.4. The van der Waals surface area contributed by atoms with E-state index in [1.54, 1.807) is 22.9 Å². The first kappa shape index (κ1) is 24.9. The number of carbonyl (C=O) groups is 1. The number of nitrogens with zero attached hydrogens (tertiary/aromatic N) is 1. The first-order chi connectivity index (χ1) is 16.4. The Balaban J connectivity index is 1.54. The molecule has 0 radical (unpaired) electrons. The second kappa shape index (κ2) is 9.47. The topological polar surface area (TPSA) is 98.7 Å². The lowest BCUT2D eigenvalue weighted by Crippen LogP contribution is -2.37. The molecule has 0 aromatic heterocycles. The van der Waals surface area contributed by atoms with Gasteiger partial charge in [0, 0.05) is 28.2 Å². The molecule has 1 heterocycles. The number of anilines is 3. The first-order valence-electron chi connectivity index (χ1n) is 11.2. The average Bonchev–Trinajstić information content (AvgIpc) is 2.78. The van der Waals surface area contributed by atoms with Crippen molar-refractivity contribution in [2.45, 2.75) is 31.9 Å². The summed E-state index contributed by atoms with van der Waals surface area (Å²) in [6.45, 7) is 6.91. The highest BCUT2D eigenvalue weighted by Gasteiger charge is 2.26. The third-order valence-electron chi connectivity index (χ3n) is 5.47. The molecule has 0 saturated heterocycles. The third-order valence-corrected chi connectivity index (χ3v) is 7.01. The van der Waals surface area contributed by atoms with E-state index in [-0.39, 0.29) is 22.1 Å². The highest BCUT2D eigenvalue weighted by molar-refractivity contribution is 8.01. The fourth-order valence-corrected chi connectivity index (χ4v) is 4.95. The molecule has 0 fully saturated rings. The Morgan fingerprint density at radius 3 is 2.31 bits per heavy atom. The highest BCUT2D eigenvalue weighted by Crippen LogP contribution is 2.34. The quantitative estimate of drug-likeness (QED) is 0.299. The zero-order valence-electron chi connectivity index (χ0n) is 20.1. The monoisotopic (exact) mass is 511 g/mol. The smallest absolute Gasteiger partial charge is 0.258 e. The summed E-state index contributed by atoms with van der Waals surface area (Å²) in [4.78, 5) is 14.9. The fraction of sp³-hybridized carbons (Fsp3) is 0.269. The van der Waals surface area contributed by atoms with E-state index >= 15 is 0 Å². The van der Waals surface area contributed by atoms with Gasteiger partial charge in [0.25, 0.3) is 5.91 Å². The van der Waals surface area contributed by atoms with Gasteiger partial charge in [0.1, 0.15) is 5.75 Å². The van der Waals surface area contributed by atoms with Crippen LogP contribution in [0.25, 0.3) is 11.1 Å². The van der Waals surface area contributed by atoms with Crippen molar-refractivity contribution in [1.82, 2.24) is 0 Å². The molecule has 3 aromatic carbocycles. The molecular weight excluding hydrogens is 482 g/mol. The molecule has 4 rings (SSSR count). The molecular formula is C26H29N3O4S2. The van der Waals surface area contributed by atoms with E-state index < -0.39 is 10.0 Å². The molecule has 0 spiro atoms. The lowest BCUT2D eigenvalue weighted by molar-refractivity contribution is 0.0980. The number of hydrogen-bond donors (Lipinski definition) is 3. The average molecular weight is 512 g/mol. The second-order valence-corrected chi connectivity index (χ2v) is 12.9. The third kappa shape index (κ3) is 6.10. The van der Waals surface area contributed by atoms with Crippen LogP contribution in [0.2, 0.25) is 0 Å². The van der Waals surface area contributed by atoms with Crippen LogP contribution in [0.15, 0.2) is 60.7 Å². The van der Waals surface area contributed by atoms with Crippen LogP contribution < -0.4 is 14.3 Å². The largest absolute Gasteiger partial charge is 0.506 e. The minimum atomic E-state index is -3.57. The molecule has 35 heavy (non-hydrogen) atoms. The Hall–Kier alpha value is -3.17. The molecule has 9 heteroatoms. The molecule has 0 atom stereocenters. The Kier molecular flexibility index (Phi) is 6.75. The van der Waals surface area contributed by atoms with Crippen molar-refractivity contribution in [3.05, 3.63) is 71.8 Å². The standard InChI is InChI=1S/C26H29N3O4S2/c1-26(2,3)34-27-20-8-5-17(6-9-20)18-7-11-22-19(15-18)13-14-29(25(22)31)21-10-12-24(30)23(16-21)28-35(4,32)33/h5-12,15-16,27-28,30H,13-14H2,1-4H3. The summed E-state index contributed by atoms with van der Waals surface area (Å²) >= 11 is 1.67. The molecule has 0 saturated carbocycles. The Morgan fingerprint density at radius 1 is 0.971 bits per heavy atom. The van der Waals surface area contributed by atoms with Gasteiger partial charge in [-0.05, 0) is 92.2 Å². The molecule has 0 unspecified atom stereocenters. The van der Waals surface area contributed by atoms with Crippen molar-refractivity contribution in [3.8, 4) is 16.9 Å². The SMILES string of the molecule is CC(C)(C)SNc1ccc(-c2ccc3c(c2)CCN(c2ccc(O)c(NS(C)(=O)=O)c2)C3=O)cc1. The molecule has 1 aliphatic rings. The predicted molar refractivity (Wildman–Crippen MR) is 145 cm³/mol. The van der Waals surface area contributed by atoms with E-state index in [1.807, 2.05) is 24.3 Å². The number of nitrogens with one attached hydrogen (secondary N) is 2. The summed E-state index contributed by atoms with van der Waals surface area (Å²) in [6.07, 6.45) is 1.67. The summed E-state index contributed by atoms with van der Waals surface area (Å²) in [6, 6.07) is 18.5. The van der Waals surface area contributed by atoms with Gasteiger partial charge in [-0.1, -0.05) is 24.3 Å². The summed E-state index contributed by atoms with van der Waals surface area (Å²) in [5.41, 5.74) is 5.31. The van der Waals surface area contributed by atoms with E-state index in [0.29, 0.717) is 24.2 Å². The minimum absolute atomic E-state index is 0.0396. The van der Waals surface area contributed by atoms with Crippen LogP contribution in [0, 0.1) is 0 Å². The number of fused-ring (bicyclic) bond motifs is 1. The summed E-state index contributed by atoms with van der Waals surface area (Å²) in [7, 11) is -3.57. The van der Waals surface area contributed by atoms with Crippen LogP contribution in [-0.4, -0.2) is 37.0 Å². The van der Waals surface area contributed by atoms with Gasteiger partial charge in [-0.3, -0.25) is 9.52 Å². The van der Waals surface area contributed by atoms with Crippen LogP contribution in [0.5, 0.6) is 5.75 Å². The van der Waals surface area contributed by atoms with Crippen molar-refractivity contribution in [2.75, 3.05) is 27.1 Å². The maximum atomic E-state index is 13.3. The van der Waals surface area contributed by atoms with Gasteiger partial charge < -0.3 is 14.7 Å². The molecule has 0 bridgehead atoms. The number of aromatic hydroxyl groups is 1. The van der Waals surface area contributed by atoms with Crippen LogP contribution in [0.1, 0.15) is 36.7 Å². The van der Waals surface area contributed by atoms with Gasteiger partial charge in [0.2, 0.25) is 10.0 Å². The van der Waals surface area contributed by atoms with Crippen LogP contribution >= 0.6 is 11.9 Å². The Labute approximate surface area is 210 Å². The van der Waals surface area contributed by atoms with E-state index in [9.17, 15) is 18.3 Å². The van der Waals surface area contributed by atoms with Gasteiger partial charge in [-0.15, -0.1) is 0 Å². The summed E-state index contributed by atoms with van der Waals surface area (Å²) in [5, 5.41) is 10.0. The molecule has 1 aliphatic heterocycles. The summed E-state index contributed by atoms with van der Waals surface area (Å²) < 4.78 is 29.0. The first-order valence-corrected chi connectivity index (χ1v) is 13.9. The maximum absolute atomic E-state index is 13.3. The number of carbonyl (C=O) groups excluding carboxylic acids is 1. The zero-order valence-corrected chi connectivity index (χ0v) is 21.8. The van der Waals surface area contributed by atoms with E-state index in [2.05, 4.69) is 48.4 Å². The van der Waals surface area contributed by atoms with Gasteiger partial charge in [0.15, 0.2) is 0 Å². The van der Waals surface area contributed by atoms with Gasteiger partial charge in [0.05, 0.1) is 11.9 Å². The van der Waals surface area contributed by atoms with E-state index in [1.165, 1.54) is 12.1 Å². The van der Waals surface area contributed by atoms with Gasteiger partial charge >= 0.3 is 0 Å². The second-order valence-electron chi connectivity index (χ2n) is 9.55. The van der Waals surface area contributed by atoms with Gasteiger partial charge in [-0.25, -0.2) is 8.42 Å². The normalized spacial score (nSPS) is 13.9. The van der Waals surface area contributed by atoms with Crippen molar-refractivity contribution >= 4 is 44.9 Å². The predicted octanol–water partition coefficient (Wildman–Crippen LogP) is 5.49. The number of amides is 1. The molecule has 0 aliphatic carbocycles. The van der Waals surface area contributed by atoms with E-state index in [4.69, 9.17) is 0 Å². The van der Waals surface area contributed by atoms with Crippen molar-refractivity contribution < 1.29 is 18.3 Å². The van der Waals surface area contributed by atoms with E-state index in [0.717, 1.165) is 28.6 Å². The van der Waals surface area contributed by atoms with Crippen molar-refractivity contribution in [2.24, 2.45) is 0 Å². The number of rotatable bonds is 6. The fourth-order valence-electron chi connectivity index (χ4n) is 3.83. The van der Waals surface area contributed by atoms with Gasteiger partial charge in [-0.2, -0.15) is 0 Å². The number of sulfonamides is 1. The number of benzene rings is 3. The lowest BCUT2D eigenvalue weighted by Gasteiger charge is -2.29. The molecule has 7 nitrogen and oxygen atoms in total. The Bertz CT molecular complexity index is 1360. The molecule has 184 valence electrons. The number of phenols is 1. The summed E-state index contributed by atoms with van der Waals surface area (Å²) in [5.74, 6) is -0.362. The lowest BCUT2D eigenvalue weighted by atomic mass is 9.93. The number of hydrogen-bond acceptors (Lipinski definition) is 6. The number of phenolic OH excluding ortho intramolecular Hbond substituents is 1. The van der Waals surface area contributed by atoms with Crippen LogP contribution in [0.4, 0.5) is 17.1 Å². The van der Waals surface area contributed by atoms with Crippen LogP contribution in [-0.2, 0) is 16.4 Å².